The molecule has 0 fully saturated rings. The topological polar surface area (TPSA) is 79.5 Å². The maximum absolute atomic E-state index is 13.0. The SMILES string of the molecule is O=C(CSc1nnc(-c2cccc(O)c2)o1)N(c1ccccc1)c1ccccc1. The van der Waals surface area contributed by atoms with Crippen LogP contribution in [0.3, 0.4) is 0 Å². The Morgan fingerprint density at radius 3 is 2.17 bits per heavy atom. The van der Waals surface area contributed by atoms with E-state index in [1.807, 2.05) is 60.7 Å². The Bertz CT molecular complexity index is 1060. The number of phenols is 1. The molecule has 29 heavy (non-hydrogen) atoms. The zero-order valence-corrected chi connectivity index (χ0v) is 16.1. The summed E-state index contributed by atoms with van der Waals surface area (Å²) in [6.07, 6.45) is 0. The fourth-order valence-electron chi connectivity index (χ4n) is 2.80. The summed E-state index contributed by atoms with van der Waals surface area (Å²) in [6.45, 7) is 0. The molecule has 0 saturated heterocycles. The Labute approximate surface area is 171 Å². The molecule has 0 bridgehead atoms. The van der Waals surface area contributed by atoms with Crippen LogP contribution in [-0.4, -0.2) is 27.0 Å². The third-order valence-corrected chi connectivity index (χ3v) is 4.90. The van der Waals surface area contributed by atoms with Crippen LogP contribution in [0.1, 0.15) is 0 Å². The second-order valence-electron chi connectivity index (χ2n) is 6.11. The molecule has 4 aromatic rings. The Morgan fingerprint density at radius 2 is 1.55 bits per heavy atom. The molecule has 0 unspecified atom stereocenters. The molecule has 3 aromatic carbocycles. The number of aromatic nitrogens is 2. The quantitative estimate of drug-likeness (QED) is 0.461. The van der Waals surface area contributed by atoms with Crippen molar-refractivity contribution in [3.63, 3.8) is 0 Å². The lowest BCUT2D eigenvalue weighted by Crippen LogP contribution is -2.27. The van der Waals surface area contributed by atoms with Gasteiger partial charge in [0.15, 0.2) is 0 Å². The Morgan fingerprint density at radius 1 is 0.897 bits per heavy atom. The first-order valence-corrected chi connectivity index (χ1v) is 9.88. The first-order valence-electron chi connectivity index (χ1n) is 8.89. The van der Waals surface area contributed by atoms with Gasteiger partial charge in [-0.25, -0.2) is 0 Å². The van der Waals surface area contributed by atoms with Gasteiger partial charge in [-0.15, -0.1) is 10.2 Å². The highest BCUT2D eigenvalue weighted by molar-refractivity contribution is 7.99. The van der Waals surface area contributed by atoms with Gasteiger partial charge in [-0.3, -0.25) is 9.69 Å². The number of amides is 1. The summed E-state index contributed by atoms with van der Waals surface area (Å²) in [5, 5.41) is 17.9. The molecule has 0 atom stereocenters. The van der Waals surface area contributed by atoms with Gasteiger partial charge < -0.3 is 9.52 Å². The second-order valence-corrected chi connectivity index (χ2v) is 7.04. The molecule has 7 heteroatoms. The number of phenolic OH excluding ortho intramolecular Hbond substituents is 1. The largest absolute Gasteiger partial charge is 0.508 e. The lowest BCUT2D eigenvalue weighted by Gasteiger charge is -2.22. The summed E-state index contributed by atoms with van der Waals surface area (Å²) in [5.74, 6) is 0.431. The molecular formula is C22H17N3O3S. The lowest BCUT2D eigenvalue weighted by molar-refractivity contribution is -0.115. The van der Waals surface area contributed by atoms with E-state index in [-0.39, 0.29) is 22.6 Å². The second kappa shape index (κ2) is 8.62. The molecular weight excluding hydrogens is 386 g/mol. The van der Waals surface area contributed by atoms with Crippen molar-refractivity contribution in [2.45, 2.75) is 5.22 Å². The maximum atomic E-state index is 13.0. The van der Waals surface area contributed by atoms with Crippen molar-refractivity contribution < 1.29 is 14.3 Å². The van der Waals surface area contributed by atoms with E-state index in [2.05, 4.69) is 10.2 Å². The predicted molar refractivity (Wildman–Crippen MR) is 112 cm³/mol. The van der Waals surface area contributed by atoms with E-state index >= 15 is 0 Å². The number of anilines is 2. The Hall–Kier alpha value is -3.58. The first-order chi connectivity index (χ1) is 14.2. The van der Waals surface area contributed by atoms with E-state index in [1.165, 1.54) is 11.8 Å². The molecule has 4 rings (SSSR count). The van der Waals surface area contributed by atoms with Crippen molar-refractivity contribution in [3.05, 3.63) is 84.9 Å². The zero-order chi connectivity index (χ0) is 20.1. The number of hydrogen-bond acceptors (Lipinski definition) is 6. The third-order valence-electron chi connectivity index (χ3n) is 4.10. The summed E-state index contributed by atoms with van der Waals surface area (Å²) in [4.78, 5) is 14.7. The van der Waals surface area contributed by atoms with Crippen LogP contribution in [0.25, 0.3) is 11.5 Å². The number of nitrogens with zero attached hydrogens (tertiary/aromatic N) is 3. The van der Waals surface area contributed by atoms with Crippen molar-refractivity contribution in [2.24, 2.45) is 0 Å². The fraction of sp³-hybridized carbons (Fsp3) is 0.0455. The van der Waals surface area contributed by atoms with Crippen LogP contribution in [0.4, 0.5) is 11.4 Å². The summed E-state index contributed by atoms with van der Waals surface area (Å²) in [6, 6.07) is 25.5. The van der Waals surface area contributed by atoms with Crippen molar-refractivity contribution in [1.82, 2.24) is 10.2 Å². The molecule has 0 aliphatic carbocycles. The van der Waals surface area contributed by atoms with Crippen LogP contribution >= 0.6 is 11.8 Å². The van der Waals surface area contributed by atoms with Gasteiger partial charge >= 0.3 is 0 Å². The zero-order valence-electron chi connectivity index (χ0n) is 15.3. The van der Waals surface area contributed by atoms with Gasteiger partial charge in [0.05, 0.1) is 5.75 Å². The van der Waals surface area contributed by atoms with Crippen molar-refractivity contribution in [1.29, 1.82) is 0 Å². The van der Waals surface area contributed by atoms with Gasteiger partial charge in [0.2, 0.25) is 11.8 Å². The highest BCUT2D eigenvalue weighted by Gasteiger charge is 2.19. The number of carbonyl (C=O) groups is 1. The normalized spacial score (nSPS) is 10.6. The minimum atomic E-state index is -0.107. The molecule has 1 heterocycles. The summed E-state index contributed by atoms with van der Waals surface area (Å²) in [5.41, 5.74) is 2.19. The van der Waals surface area contributed by atoms with Crippen molar-refractivity contribution >= 4 is 29.0 Å². The number of thioether (sulfide) groups is 1. The monoisotopic (exact) mass is 403 g/mol. The number of aromatic hydroxyl groups is 1. The molecule has 1 aromatic heterocycles. The summed E-state index contributed by atoms with van der Waals surface area (Å²) >= 11 is 1.17. The van der Waals surface area contributed by atoms with Crippen LogP contribution in [0.2, 0.25) is 0 Å². The minimum absolute atomic E-state index is 0.107. The number of para-hydroxylation sites is 2. The third kappa shape index (κ3) is 4.47. The molecule has 0 aliphatic heterocycles. The van der Waals surface area contributed by atoms with Gasteiger partial charge in [-0.2, -0.15) is 0 Å². The number of rotatable bonds is 6. The molecule has 0 spiro atoms. The average molecular weight is 403 g/mol. The van der Waals surface area contributed by atoms with E-state index in [4.69, 9.17) is 4.42 Å². The Balaban J connectivity index is 1.50. The van der Waals surface area contributed by atoms with Gasteiger partial charge in [-0.1, -0.05) is 54.2 Å². The summed E-state index contributed by atoms with van der Waals surface area (Å²) in [7, 11) is 0. The standard InChI is InChI=1S/C22H17N3O3S/c26-19-13-7-8-16(14-19)21-23-24-22(28-21)29-15-20(27)25(17-9-3-1-4-10-17)18-11-5-2-6-12-18/h1-14,26H,15H2. The van der Waals surface area contributed by atoms with Crippen molar-refractivity contribution in [2.75, 3.05) is 10.7 Å². The van der Waals surface area contributed by atoms with Gasteiger partial charge in [-0.05, 0) is 42.5 Å². The van der Waals surface area contributed by atoms with Crippen LogP contribution in [0.15, 0.2) is 94.6 Å². The highest BCUT2D eigenvalue weighted by Crippen LogP contribution is 2.29. The van der Waals surface area contributed by atoms with E-state index in [0.717, 1.165) is 11.4 Å². The molecule has 1 N–H and O–H groups in total. The molecule has 0 aliphatic rings. The van der Waals surface area contributed by atoms with Crippen LogP contribution in [0, 0.1) is 0 Å². The van der Waals surface area contributed by atoms with Gasteiger partial charge in [0, 0.05) is 16.9 Å². The van der Waals surface area contributed by atoms with E-state index < -0.39 is 0 Å². The van der Waals surface area contributed by atoms with Gasteiger partial charge in [0.1, 0.15) is 5.75 Å². The summed E-state index contributed by atoms with van der Waals surface area (Å²) < 4.78 is 5.63. The number of benzene rings is 3. The van der Waals surface area contributed by atoms with Crippen LogP contribution in [-0.2, 0) is 4.79 Å². The van der Waals surface area contributed by atoms with Gasteiger partial charge in [0.25, 0.3) is 5.22 Å². The molecule has 0 saturated carbocycles. The smallest absolute Gasteiger partial charge is 0.277 e. The molecule has 0 radical (unpaired) electrons. The van der Waals surface area contributed by atoms with Crippen LogP contribution < -0.4 is 4.90 Å². The van der Waals surface area contributed by atoms with Crippen LogP contribution in [0.5, 0.6) is 5.75 Å². The number of hydrogen-bond donors (Lipinski definition) is 1. The van der Waals surface area contributed by atoms with E-state index in [1.54, 1.807) is 29.2 Å². The lowest BCUT2D eigenvalue weighted by atomic mass is 10.2. The highest BCUT2D eigenvalue weighted by atomic mass is 32.2. The average Bonchev–Trinajstić information content (AvgIpc) is 3.23. The Kier molecular flexibility index (Phi) is 5.58. The van der Waals surface area contributed by atoms with Crippen molar-refractivity contribution in [3.8, 4) is 17.2 Å². The maximum Gasteiger partial charge on any atom is 0.277 e. The first kappa shape index (κ1) is 18.8. The van der Waals surface area contributed by atoms with E-state index in [9.17, 15) is 9.90 Å². The predicted octanol–water partition coefficient (Wildman–Crippen LogP) is 4.90. The fourth-order valence-corrected chi connectivity index (χ4v) is 3.42. The minimum Gasteiger partial charge on any atom is -0.508 e. The number of carbonyl (C=O) groups excluding carboxylic acids is 1. The molecule has 1 amide bonds. The molecule has 6 nitrogen and oxygen atoms in total. The molecule has 144 valence electrons. The van der Waals surface area contributed by atoms with E-state index in [0.29, 0.717) is 11.5 Å².